The molecule has 0 radical (unpaired) electrons. The third-order valence-electron chi connectivity index (χ3n) is 4.98. The fourth-order valence-electron chi connectivity index (χ4n) is 3.06. The number of fused-ring (bicyclic) bond motifs is 1. The predicted molar refractivity (Wildman–Crippen MR) is 92.6 cm³/mol. The SMILES string of the molecule is CCC(C)(C)NC(=O)c1ccc2c(c1)C(=O)N(CC1CCCO1)C2=O. The lowest BCUT2D eigenvalue weighted by atomic mass is 10.00. The quantitative estimate of drug-likeness (QED) is 0.832. The number of carbonyl (C=O) groups excluding carboxylic acids is 3. The molecule has 1 unspecified atom stereocenters. The fraction of sp³-hybridized carbons (Fsp3) is 0.526. The van der Waals surface area contributed by atoms with E-state index in [4.69, 9.17) is 4.74 Å². The highest BCUT2D eigenvalue weighted by atomic mass is 16.5. The summed E-state index contributed by atoms with van der Waals surface area (Å²) in [7, 11) is 0. The summed E-state index contributed by atoms with van der Waals surface area (Å²) >= 11 is 0. The molecule has 1 N–H and O–H groups in total. The molecule has 25 heavy (non-hydrogen) atoms. The molecule has 2 aliphatic heterocycles. The topological polar surface area (TPSA) is 75.7 Å². The minimum Gasteiger partial charge on any atom is -0.376 e. The summed E-state index contributed by atoms with van der Waals surface area (Å²) in [6, 6.07) is 4.69. The van der Waals surface area contributed by atoms with E-state index in [1.807, 2.05) is 20.8 Å². The summed E-state index contributed by atoms with van der Waals surface area (Å²) < 4.78 is 5.53. The van der Waals surface area contributed by atoms with E-state index >= 15 is 0 Å². The summed E-state index contributed by atoms with van der Waals surface area (Å²) in [5, 5.41) is 2.94. The number of carbonyl (C=O) groups is 3. The number of imide groups is 1. The zero-order valence-corrected chi connectivity index (χ0v) is 14.9. The molecule has 0 aliphatic carbocycles. The van der Waals surface area contributed by atoms with E-state index in [0.717, 1.165) is 19.3 Å². The number of rotatable bonds is 5. The van der Waals surface area contributed by atoms with Gasteiger partial charge in [-0.05, 0) is 51.3 Å². The standard InChI is InChI=1S/C19H24N2O4/c1-4-19(2,3)20-16(22)12-7-8-14-15(10-12)18(24)21(17(14)23)11-13-6-5-9-25-13/h7-8,10,13H,4-6,9,11H2,1-3H3,(H,20,22). The maximum absolute atomic E-state index is 12.6. The zero-order chi connectivity index (χ0) is 18.2. The van der Waals surface area contributed by atoms with E-state index in [-0.39, 0.29) is 35.9 Å². The maximum atomic E-state index is 12.6. The van der Waals surface area contributed by atoms with Crippen LogP contribution in [0.5, 0.6) is 0 Å². The number of nitrogens with one attached hydrogen (secondary N) is 1. The van der Waals surface area contributed by atoms with E-state index in [9.17, 15) is 14.4 Å². The Balaban J connectivity index is 1.80. The molecule has 1 atom stereocenters. The predicted octanol–water partition coefficient (Wildman–Crippen LogP) is 2.38. The van der Waals surface area contributed by atoms with Crippen LogP contribution in [0.25, 0.3) is 0 Å². The molecule has 3 amide bonds. The van der Waals surface area contributed by atoms with Crippen molar-refractivity contribution in [3.05, 3.63) is 34.9 Å². The van der Waals surface area contributed by atoms with E-state index in [1.54, 1.807) is 12.1 Å². The molecule has 0 bridgehead atoms. The summed E-state index contributed by atoms with van der Waals surface area (Å²) in [4.78, 5) is 38.8. The first-order valence-electron chi connectivity index (χ1n) is 8.77. The highest BCUT2D eigenvalue weighted by Crippen LogP contribution is 2.26. The number of nitrogens with zero attached hydrogens (tertiary/aromatic N) is 1. The first kappa shape index (κ1) is 17.6. The number of ether oxygens (including phenoxy) is 1. The highest BCUT2D eigenvalue weighted by Gasteiger charge is 2.38. The Kier molecular flexibility index (Phi) is 4.64. The van der Waals surface area contributed by atoms with Gasteiger partial charge >= 0.3 is 0 Å². The van der Waals surface area contributed by atoms with Gasteiger partial charge in [-0.3, -0.25) is 19.3 Å². The molecule has 0 aromatic heterocycles. The fourth-order valence-corrected chi connectivity index (χ4v) is 3.06. The van der Waals surface area contributed by atoms with Gasteiger partial charge in [0.25, 0.3) is 17.7 Å². The highest BCUT2D eigenvalue weighted by molar-refractivity contribution is 6.22. The molecule has 1 aromatic carbocycles. The van der Waals surface area contributed by atoms with E-state index in [1.165, 1.54) is 11.0 Å². The first-order valence-corrected chi connectivity index (χ1v) is 8.77. The lowest BCUT2D eigenvalue weighted by Gasteiger charge is -2.24. The van der Waals surface area contributed by atoms with Gasteiger partial charge in [-0.1, -0.05) is 6.92 Å². The molecule has 0 saturated carbocycles. The number of hydrogen-bond acceptors (Lipinski definition) is 4. The molecular formula is C19H24N2O4. The van der Waals surface area contributed by atoms with Crippen LogP contribution in [0.4, 0.5) is 0 Å². The first-order chi connectivity index (χ1) is 11.8. The van der Waals surface area contributed by atoms with Crippen molar-refractivity contribution in [1.29, 1.82) is 0 Å². The zero-order valence-electron chi connectivity index (χ0n) is 14.9. The van der Waals surface area contributed by atoms with Gasteiger partial charge in [-0.15, -0.1) is 0 Å². The van der Waals surface area contributed by atoms with Crippen LogP contribution in [0.2, 0.25) is 0 Å². The Morgan fingerprint density at radius 2 is 2.00 bits per heavy atom. The van der Waals surface area contributed by atoms with Crippen molar-refractivity contribution in [2.45, 2.75) is 51.7 Å². The van der Waals surface area contributed by atoms with Crippen molar-refractivity contribution < 1.29 is 19.1 Å². The Bertz CT molecular complexity index is 720. The van der Waals surface area contributed by atoms with E-state index in [2.05, 4.69) is 5.32 Å². The smallest absolute Gasteiger partial charge is 0.261 e. The van der Waals surface area contributed by atoms with E-state index < -0.39 is 0 Å². The Morgan fingerprint density at radius 3 is 2.64 bits per heavy atom. The van der Waals surface area contributed by atoms with Gasteiger partial charge in [-0.25, -0.2) is 0 Å². The van der Waals surface area contributed by atoms with Gasteiger partial charge in [0.15, 0.2) is 0 Å². The summed E-state index contributed by atoms with van der Waals surface area (Å²) in [6.45, 7) is 6.82. The van der Waals surface area contributed by atoms with Crippen LogP contribution >= 0.6 is 0 Å². The van der Waals surface area contributed by atoms with Gasteiger partial charge in [-0.2, -0.15) is 0 Å². The number of hydrogen-bond donors (Lipinski definition) is 1. The van der Waals surface area contributed by atoms with Crippen molar-refractivity contribution in [2.75, 3.05) is 13.2 Å². The second-order valence-electron chi connectivity index (χ2n) is 7.31. The average molecular weight is 344 g/mol. The number of benzene rings is 1. The van der Waals surface area contributed by atoms with Gasteiger partial charge in [0.1, 0.15) is 0 Å². The largest absolute Gasteiger partial charge is 0.376 e. The van der Waals surface area contributed by atoms with Crippen LogP contribution in [0.3, 0.4) is 0 Å². The number of amides is 3. The molecular weight excluding hydrogens is 320 g/mol. The lowest BCUT2D eigenvalue weighted by molar-refractivity contribution is 0.0475. The van der Waals surface area contributed by atoms with Crippen molar-refractivity contribution in [2.24, 2.45) is 0 Å². The average Bonchev–Trinajstić information content (AvgIpc) is 3.17. The van der Waals surface area contributed by atoms with Crippen LogP contribution in [0.15, 0.2) is 18.2 Å². The lowest BCUT2D eigenvalue weighted by Crippen LogP contribution is -2.42. The molecule has 1 aromatic rings. The van der Waals surface area contributed by atoms with Crippen LogP contribution in [0, 0.1) is 0 Å². The van der Waals surface area contributed by atoms with Crippen LogP contribution in [0.1, 0.15) is 71.1 Å². The van der Waals surface area contributed by atoms with Crippen molar-refractivity contribution in [1.82, 2.24) is 10.2 Å². The molecule has 2 aliphatic rings. The summed E-state index contributed by atoms with van der Waals surface area (Å²) in [5.74, 6) is -0.899. The molecule has 2 heterocycles. The molecule has 6 nitrogen and oxygen atoms in total. The maximum Gasteiger partial charge on any atom is 0.261 e. The summed E-state index contributed by atoms with van der Waals surface area (Å²) in [6.07, 6.45) is 2.50. The van der Waals surface area contributed by atoms with Gasteiger partial charge < -0.3 is 10.1 Å². The second kappa shape index (κ2) is 6.59. The van der Waals surface area contributed by atoms with Crippen molar-refractivity contribution in [3.8, 4) is 0 Å². The third-order valence-corrected chi connectivity index (χ3v) is 4.98. The molecule has 0 spiro atoms. The molecule has 3 rings (SSSR count). The van der Waals surface area contributed by atoms with Crippen LogP contribution in [-0.2, 0) is 4.74 Å². The molecule has 1 fully saturated rings. The van der Waals surface area contributed by atoms with Crippen molar-refractivity contribution in [3.63, 3.8) is 0 Å². The van der Waals surface area contributed by atoms with Crippen LogP contribution in [-0.4, -0.2) is 47.4 Å². The monoisotopic (exact) mass is 344 g/mol. The van der Waals surface area contributed by atoms with E-state index in [0.29, 0.717) is 23.3 Å². The molecule has 134 valence electrons. The van der Waals surface area contributed by atoms with Gasteiger partial charge in [0, 0.05) is 17.7 Å². The van der Waals surface area contributed by atoms with Crippen molar-refractivity contribution >= 4 is 17.7 Å². The Morgan fingerprint density at radius 1 is 1.28 bits per heavy atom. The van der Waals surface area contributed by atoms with Crippen LogP contribution < -0.4 is 5.32 Å². The molecule has 6 heteroatoms. The summed E-state index contributed by atoms with van der Waals surface area (Å²) in [5.41, 5.74) is 0.710. The minimum atomic E-state index is -0.347. The Labute approximate surface area is 147 Å². The normalized spacial score (nSPS) is 20.1. The molecule has 1 saturated heterocycles. The van der Waals surface area contributed by atoms with Gasteiger partial charge in [0.2, 0.25) is 0 Å². The third kappa shape index (κ3) is 3.44. The second-order valence-corrected chi connectivity index (χ2v) is 7.31. The minimum absolute atomic E-state index is 0.0877. The Hall–Kier alpha value is -2.21. The van der Waals surface area contributed by atoms with Gasteiger partial charge in [0.05, 0.1) is 23.8 Å².